The summed E-state index contributed by atoms with van der Waals surface area (Å²) in [5.41, 5.74) is 8.28. The summed E-state index contributed by atoms with van der Waals surface area (Å²) in [5, 5.41) is 4.16. The molecule has 5 rings (SSSR count). The maximum Gasteiger partial charge on any atom is 0.244 e. The van der Waals surface area contributed by atoms with Crippen LogP contribution in [0, 0.1) is 5.82 Å². The Balaban J connectivity index is 1.66. The van der Waals surface area contributed by atoms with Gasteiger partial charge in [0.2, 0.25) is 5.91 Å². The number of pyridine rings is 1. The Morgan fingerprint density at radius 3 is 2.73 bits per heavy atom. The molecule has 0 bridgehead atoms. The zero-order valence-electron chi connectivity index (χ0n) is 15.9. The summed E-state index contributed by atoms with van der Waals surface area (Å²) in [5.74, 6) is 0.149. The minimum Gasteiger partial charge on any atom is -0.368 e. The van der Waals surface area contributed by atoms with Crippen LogP contribution in [0.4, 0.5) is 10.2 Å². The second-order valence-corrected chi connectivity index (χ2v) is 8.29. The smallest absolute Gasteiger partial charge is 0.244 e. The van der Waals surface area contributed by atoms with Gasteiger partial charge in [0.25, 0.3) is 0 Å². The molecule has 1 atom stereocenters. The first-order valence-corrected chi connectivity index (χ1v) is 10.5. The van der Waals surface area contributed by atoms with Crippen molar-refractivity contribution in [2.75, 3.05) is 5.32 Å². The fourth-order valence-corrected chi connectivity index (χ4v) is 5.10. The molecule has 1 aliphatic carbocycles. The van der Waals surface area contributed by atoms with Crippen LogP contribution in [-0.4, -0.2) is 20.9 Å². The normalized spacial score (nSPS) is 13.9. The van der Waals surface area contributed by atoms with E-state index in [1.165, 1.54) is 22.6 Å². The van der Waals surface area contributed by atoms with Gasteiger partial charge in [-0.05, 0) is 54.7 Å². The molecule has 0 radical (unpaired) electrons. The third-order valence-electron chi connectivity index (χ3n) is 5.25. The SMILES string of the molecule is NC(=O)C(Nc1nc(-c2cccnc2)nc2sc3c(c12)CCC3)c1ccc(F)cc1. The van der Waals surface area contributed by atoms with Gasteiger partial charge in [0.1, 0.15) is 22.5 Å². The lowest BCUT2D eigenvalue weighted by Crippen LogP contribution is -2.28. The van der Waals surface area contributed by atoms with Crippen LogP contribution in [0.1, 0.15) is 28.5 Å². The highest BCUT2D eigenvalue weighted by atomic mass is 32.1. The number of nitrogens with one attached hydrogen (secondary N) is 1. The number of thiophene rings is 1. The fraction of sp³-hybridized carbons (Fsp3) is 0.182. The van der Waals surface area contributed by atoms with E-state index in [0.717, 1.165) is 35.0 Å². The van der Waals surface area contributed by atoms with Crippen LogP contribution >= 0.6 is 11.3 Å². The highest BCUT2D eigenvalue weighted by Crippen LogP contribution is 2.41. The Bertz CT molecular complexity index is 1240. The number of aromatic nitrogens is 3. The first-order chi connectivity index (χ1) is 14.6. The molecule has 3 aromatic heterocycles. The number of fused-ring (bicyclic) bond motifs is 3. The van der Waals surface area contributed by atoms with Crippen LogP contribution in [0.2, 0.25) is 0 Å². The van der Waals surface area contributed by atoms with E-state index in [0.29, 0.717) is 17.2 Å². The van der Waals surface area contributed by atoms with Crippen LogP contribution in [0.5, 0.6) is 0 Å². The predicted octanol–water partition coefficient (Wildman–Crippen LogP) is 4.02. The van der Waals surface area contributed by atoms with E-state index in [-0.39, 0.29) is 5.82 Å². The molecule has 1 unspecified atom stereocenters. The monoisotopic (exact) mass is 419 g/mol. The summed E-state index contributed by atoms with van der Waals surface area (Å²) in [7, 11) is 0. The highest BCUT2D eigenvalue weighted by molar-refractivity contribution is 7.19. The van der Waals surface area contributed by atoms with Crippen molar-refractivity contribution >= 4 is 33.3 Å². The number of primary amides is 1. The van der Waals surface area contributed by atoms with E-state index in [4.69, 9.17) is 15.7 Å². The van der Waals surface area contributed by atoms with Gasteiger partial charge >= 0.3 is 0 Å². The molecule has 0 spiro atoms. The Morgan fingerprint density at radius 1 is 1.17 bits per heavy atom. The minimum absolute atomic E-state index is 0.374. The molecule has 3 heterocycles. The molecular weight excluding hydrogens is 401 g/mol. The van der Waals surface area contributed by atoms with Gasteiger partial charge in [-0.3, -0.25) is 9.78 Å². The van der Waals surface area contributed by atoms with E-state index in [2.05, 4.69) is 10.3 Å². The number of rotatable bonds is 5. The molecular formula is C22H18FN5OS. The molecule has 0 aliphatic heterocycles. The molecule has 150 valence electrons. The van der Waals surface area contributed by atoms with Crippen LogP contribution in [0.15, 0.2) is 48.8 Å². The number of nitrogens with two attached hydrogens (primary N) is 1. The Labute approximate surface area is 176 Å². The average molecular weight is 419 g/mol. The van der Waals surface area contributed by atoms with Crippen molar-refractivity contribution < 1.29 is 9.18 Å². The second-order valence-electron chi connectivity index (χ2n) is 7.21. The van der Waals surface area contributed by atoms with Crippen LogP contribution in [-0.2, 0) is 17.6 Å². The van der Waals surface area contributed by atoms with Crippen molar-refractivity contribution in [3.63, 3.8) is 0 Å². The molecule has 8 heteroatoms. The topological polar surface area (TPSA) is 93.8 Å². The standard InChI is InChI=1S/C22H18FN5OS/c23-14-8-6-12(7-9-14)18(19(24)29)26-21-17-15-4-1-5-16(15)30-22(17)28-20(27-21)13-3-2-10-25-11-13/h2-3,6-11,18H,1,4-5H2,(H2,24,29)(H,26,27,28). The zero-order chi connectivity index (χ0) is 20.7. The molecule has 0 saturated heterocycles. The van der Waals surface area contributed by atoms with Gasteiger partial charge in [-0.2, -0.15) is 0 Å². The summed E-state index contributed by atoms with van der Waals surface area (Å²) in [6.45, 7) is 0. The van der Waals surface area contributed by atoms with Crippen LogP contribution < -0.4 is 11.1 Å². The van der Waals surface area contributed by atoms with E-state index in [9.17, 15) is 9.18 Å². The maximum atomic E-state index is 13.4. The van der Waals surface area contributed by atoms with Crippen molar-refractivity contribution in [3.8, 4) is 11.4 Å². The molecule has 0 saturated carbocycles. The van der Waals surface area contributed by atoms with E-state index in [1.807, 2.05) is 12.1 Å². The molecule has 6 nitrogen and oxygen atoms in total. The van der Waals surface area contributed by atoms with Crippen molar-refractivity contribution in [3.05, 3.63) is 70.6 Å². The van der Waals surface area contributed by atoms with E-state index < -0.39 is 11.9 Å². The quantitative estimate of drug-likeness (QED) is 0.510. The third-order valence-corrected chi connectivity index (χ3v) is 6.44. The van der Waals surface area contributed by atoms with E-state index >= 15 is 0 Å². The largest absolute Gasteiger partial charge is 0.368 e. The summed E-state index contributed by atoms with van der Waals surface area (Å²) in [4.78, 5) is 28.1. The molecule has 1 amide bonds. The van der Waals surface area contributed by atoms with Gasteiger partial charge in [0.15, 0.2) is 5.82 Å². The number of amides is 1. The number of carbonyl (C=O) groups excluding carboxylic acids is 1. The number of anilines is 1. The third kappa shape index (κ3) is 3.29. The van der Waals surface area contributed by atoms with Crippen molar-refractivity contribution in [1.29, 1.82) is 0 Å². The van der Waals surface area contributed by atoms with Gasteiger partial charge in [-0.25, -0.2) is 14.4 Å². The summed E-state index contributed by atoms with van der Waals surface area (Å²) >= 11 is 1.67. The van der Waals surface area contributed by atoms with Gasteiger partial charge in [0, 0.05) is 22.8 Å². The first kappa shape index (κ1) is 18.6. The average Bonchev–Trinajstić information content (AvgIpc) is 3.34. The Hall–Kier alpha value is -3.39. The summed E-state index contributed by atoms with van der Waals surface area (Å²) in [6.07, 6.45) is 6.47. The zero-order valence-corrected chi connectivity index (χ0v) is 16.7. The van der Waals surface area contributed by atoms with Crippen molar-refractivity contribution in [2.24, 2.45) is 5.73 Å². The van der Waals surface area contributed by atoms with Gasteiger partial charge in [-0.15, -0.1) is 11.3 Å². The minimum atomic E-state index is -0.845. The predicted molar refractivity (Wildman–Crippen MR) is 115 cm³/mol. The van der Waals surface area contributed by atoms with Gasteiger partial charge in [-0.1, -0.05) is 12.1 Å². The molecule has 1 aliphatic rings. The van der Waals surface area contributed by atoms with E-state index in [1.54, 1.807) is 35.9 Å². The summed E-state index contributed by atoms with van der Waals surface area (Å²) < 4.78 is 13.4. The van der Waals surface area contributed by atoms with Crippen LogP contribution in [0.3, 0.4) is 0 Å². The number of hydrogen-bond acceptors (Lipinski definition) is 6. The second kappa shape index (κ2) is 7.46. The maximum absolute atomic E-state index is 13.4. The number of carbonyl (C=O) groups is 1. The lowest BCUT2D eigenvalue weighted by atomic mass is 10.1. The van der Waals surface area contributed by atoms with Crippen molar-refractivity contribution in [1.82, 2.24) is 15.0 Å². The Morgan fingerprint density at radius 2 is 2.00 bits per heavy atom. The number of aryl methyl sites for hydroxylation is 2. The number of benzene rings is 1. The number of hydrogen-bond donors (Lipinski definition) is 2. The first-order valence-electron chi connectivity index (χ1n) is 9.64. The lowest BCUT2D eigenvalue weighted by molar-refractivity contribution is -0.118. The van der Waals surface area contributed by atoms with Gasteiger partial charge in [0.05, 0.1) is 5.39 Å². The highest BCUT2D eigenvalue weighted by Gasteiger charge is 2.26. The molecule has 3 N–H and O–H groups in total. The van der Waals surface area contributed by atoms with Crippen LogP contribution in [0.25, 0.3) is 21.6 Å². The van der Waals surface area contributed by atoms with Gasteiger partial charge < -0.3 is 11.1 Å². The van der Waals surface area contributed by atoms with Crippen molar-refractivity contribution in [2.45, 2.75) is 25.3 Å². The number of halogens is 1. The number of nitrogens with zero attached hydrogens (tertiary/aromatic N) is 3. The molecule has 1 aromatic carbocycles. The summed E-state index contributed by atoms with van der Waals surface area (Å²) in [6, 6.07) is 8.60. The molecule has 0 fully saturated rings. The molecule has 4 aromatic rings. The molecule has 30 heavy (non-hydrogen) atoms. The lowest BCUT2D eigenvalue weighted by Gasteiger charge is -2.18. The fourth-order valence-electron chi connectivity index (χ4n) is 3.84. The Kier molecular flexibility index (Phi) is 4.63.